The molecule has 0 spiro atoms. The highest BCUT2D eigenvalue weighted by Gasteiger charge is 2.44. The van der Waals surface area contributed by atoms with Crippen molar-refractivity contribution in [2.24, 2.45) is 4.99 Å². The van der Waals surface area contributed by atoms with E-state index < -0.39 is 0 Å². The molecule has 0 bridgehead atoms. The van der Waals surface area contributed by atoms with Gasteiger partial charge >= 0.3 is 0 Å². The average Bonchev–Trinajstić information content (AvgIpc) is 3.43. The van der Waals surface area contributed by atoms with Gasteiger partial charge in [0.05, 0.1) is 0 Å². The summed E-state index contributed by atoms with van der Waals surface area (Å²) in [7, 11) is 1.73. The molecule has 1 fully saturated rings. The summed E-state index contributed by atoms with van der Waals surface area (Å²) in [5.41, 5.74) is 2.84. The van der Waals surface area contributed by atoms with Crippen LogP contribution < -0.4 is 16.0 Å². The van der Waals surface area contributed by atoms with Gasteiger partial charge in [0.1, 0.15) is 5.82 Å². The number of guanidine groups is 1. The van der Waals surface area contributed by atoms with Gasteiger partial charge in [-0.3, -0.25) is 9.79 Å². The minimum absolute atomic E-state index is 0.00888. The van der Waals surface area contributed by atoms with E-state index in [4.69, 9.17) is 0 Å². The van der Waals surface area contributed by atoms with Crippen LogP contribution in [-0.4, -0.2) is 25.5 Å². The van der Waals surface area contributed by atoms with E-state index in [0.717, 1.165) is 29.7 Å². The molecule has 0 heterocycles. The van der Waals surface area contributed by atoms with Crippen molar-refractivity contribution in [3.8, 4) is 0 Å². The number of carbonyl (C=O) groups excluding carboxylic acids is 1. The molecule has 0 saturated heterocycles. The van der Waals surface area contributed by atoms with Crippen LogP contribution in [0.1, 0.15) is 30.9 Å². The SMILES string of the molecule is CN=C(NCc1cccc(NC(C)=O)c1)NCC1(c2cccc(F)c2)CC1. The van der Waals surface area contributed by atoms with Gasteiger partial charge < -0.3 is 16.0 Å². The third-order valence-electron chi connectivity index (χ3n) is 4.82. The number of rotatable bonds is 6. The number of benzene rings is 2. The number of carbonyl (C=O) groups is 1. The van der Waals surface area contributed by atoms with Crippen molar-refractivity contribution in [1.82, 2.24) is 10.6 Å². The Morgan fingerprint density at radius 1 is 1.15 bits per heavy atom. The first-order chi connectivity index (χ1) is 13.0. The molecule has 6 heteroatoms. The lowest BCUT2D eigenvalue weighted by Crippen LogP contribution is -2.40. The molecule has 0 atom stereocenters. The fourth-order valence-electron chi connectivity index (χ4n) is 3.16. The highest BCUT2D eigenvalue weighted by atomic mass is 19.1. The fourth-order valence-corrected chi connectivity index (χ4v) is 3.16. The summed E-state index contributed by atoms with van der Waals surface area (Å²) in [4.78, 5) is 15.4. The number of hydrogen-bond acceptors (Lipinski definition) is 2. The Kier molecular flexibility index (Phi) is 5.74. The normalized spacial score (nSPS) is 15.1. The molecule has 2 aromatic rings. The van der Waals surface area contributed by atoms with Crippen LogP contribution in [0.2, 0.25) is 0 Å². The van der Waals surface area contributed by atoms with E-state index in [1.165, 1.54) is 13.0 Å². The molecule has 0 aliphatic heterocycles. The minimum atomic E-state index is -0.194. The second-order valence-corrected chi connectivity index (χ2v) is 6.95. The largest absolute Gasteiger partial charge is 0.356 e. The maximum atomic E-state index is 13.5. The quantitative estimate of drug-likeness (QED) is 0.542. The van der Waals surface area contributed by atoms with Crippen LogP contribution in [-0.2, 0) is 16.8 Å². The van der Waals surface area contributed by atoms with Gasteiger partial charge in [0.2, 0.25) is 5.91 Å². The highest BCUT2D eigenvalue weighted by Crippen LogP contribution is 2.47. The molecule has 3 N–H and O–H groups in total. The lowest BCUT2D eigenvalue weighted by Gasteiger charge is -2.19. The van der Waals surface area contributed by atoms with Crippen LogP contribution in [0.25, 0.3) is 0 Å². The predicted octanol–water partition coefficient (Wildman–Crippen LogP) is 3.18. The van der Waals surface area contributed by atoms with Crippen molar-refractivity contribution in [1.29, 1.82) is 0 Å². The van der Waals surface area contributed by atoms with Crippen LogP contribution in [0, 0.1) is 5.82 Å². The summed E-state index contributed by atoms with van der Waals surface area (Å²) < 4.78 is 13.5. The van der Waals surface area contributed by atoms with Crippen molar-refractivity contribution in [3.05, 3.63) is 65.5 Å². The second-order valence-electron chi connectivity index (χ2n) is 6.95. The van der Waals surface area contributed by atoms with E-state index in [1.807, 2.05) is 30.3 Å². The maximum absolute atomic E-state index is 13.5. The van der Waals surface area contributed by atoms with Gasteiger partial charge in [-0.15, -0.1) is 0 Å². The molecule has 1 saturated carbocycles. The van der Waals surface area contributed by atoms with Crippen LogP contribution in [0.5, 0.6) is 0 Å². The monoisotopic (exact) mass is 368 g/mol. The highest BCUT2D eigenvalue weighted by molar-refractivity contribution is 5.88. The van der Waals surface area contributed by atoms with Gasteiger partial charge in [-0.1, -0.05) is 24.3 Å². The zero-order valence-corrected chi connectivity index (χ0v) is 15.7. The van der Waals surface area contributed by atoms with E-state index in [-0.39, 0.29) is 17.1 Å². The van der Waals surface area contributed by atoms with Crippen LogP contribution in [0.15, 0.2) is 53.5 Å². The summed E-state index contributed by atoms with van der Waals surface area (Å²) in [5.74, 6) is 0.410. The van der Waals surface area contributed by atoms with Crippen molar-refractivity contribution in [3.63, 3.8) is 0 Å². The van der Waals surface area contributed by atoms with Crippen molar-refractivity contribution in [2.75, 3.05) is 18.9 Å². The average molecular weight is 368 g/mol. The number of halogens is 1. The number of nitrogens with zero attached hydrogens (tertiary/aromatic N) is 1. The van der Waals surface area contributed by atoms with Gasteiger partial charge in [0.15, 0.2) is 5.96 Å². The Balaban J connectivity index is 1.55. The molecule has 0 unspecified atom stereocenters. The first-order valence-electron chi connectivity index (χ1n) is 9.08. The van der Waals surface area contributed by atoms with Gasteiger partial charge in [-0.2, -0.15) is 0 Å². The van der Waals surface area contributed by atoms with Gasteiger partial charge in [0.25, 0.3) is 0 Å². The van der Waals surface area contributed by atoms with Gasteiger partial charge in [0, 0.05) is 38.2 Å². The molecule has 3 rings (SSSR count). The minimum Gasteiger partial charge on any atom is -0.356 e. The first-order valence-corrected chi connectivity index (χ1v) is 9.08. The number of hydrogen-bond donors (Lipinski definition) is 3. The molecule has 1 aliphatic rings. The van der Waals surface area contributed by atoms with E-state index in [2.05, 4.69) is 20.9 Å². The lowest BCUT2D eigenvalue weighted by atomic mass is 9.96. The third kappa shape index (κ3) is 5.06. The smallest absolute Gasteiger partial charge is 0.221 e. The number of anilines is 1. The maximum Gasteiger partial charge on any atom is 0.221 e. The van der Waals surface area contributed by atoms with E-state index in [0.29, 0.717) is 19.0 Å². The summed E-state index contributed by atoms with van der Waals surface area (Å²) in [5, 5.41) is 9.42. The zero-order chi connectivity index (χ0) is 19.3. The summed E-state index contributed by atoms with van der Waals surface area (Å²) >= 11 is 0. The molecule has 0 radical (unpaired) electrons. The summed E-state index contributed by atoms with van der Waals surface area (Å²) in [6.45, 7) is 2.78. The van der Waals surface area contributed by atoms with Crippen molar-refractivity contribution >= 4 is 17.6 Å². The Bertz CT molecular complexity index is 846. The summed E-state index contributed by atoms with van der Waals surface area (Å²) in [6.07, 6.45) is 2.08. The number of amides is 1. The molecule has 1 aliphatic carbocycles. The van der Waals surface area contributed by atoms with Crippen LogP contribution >= 0.6 is 0 Å². The second kappa shape index (κ2) is 8.20. The van der Waals surface area contributed by atoms with E-state index >= 15 is 0 Å². The number of aliphatic imine (C=N–C) groups is 1. The first kappa shape index (κ1) is 18.9. The van der Waals surface area contributed by atoms with Gasteiger partial charge in [-0.05, 0) is 48.2 Å². The zero-order valence-electron chi connectivity index (χ0n) is 15.7. The predicted molar refractivity (Wildman–Crippen MR) is 106 cm³/mol. The Morgan fingerprint density at radius 3 is 2.59 bits per heavy atom. The molecule has 1 amide bonds. The van der Waals surface area contributed by atoms with E-state index in [1.54, 1.807) is 19.2 Å². The molecule has 142 valence electrons. The van der Waals surface area contributed by atoms with E-state index in [9.17, 15) is 9.18 Å². The molecular formula is C21H25FN4O. The number of nitrogens with one attached hydrogen (secondary N) is 3. The Hall–Kier alpha value is -2.89. The Morgan fingerprint density at radius 2 is 1.93 bits per heavy atom. The van der Waals surface area contributed by atoms with Crippen molar-refractivity contribution < 1.29 is 9.18 Å². The topological polar surface area (TPSA) is 65.5 Å². The molecular weight excluding hydrogens is 343 g/mol. The van der Waals surface area contributed by atoms with Gasteiger partial charge in [-0.25, -0.2) is 4.39 Å². The molecule has 27 heavy (non-hydrogen) atoms. The Labute approximate surface area is 159 Å². The molecule has 5 nitrogen and oxygen atoms in total. The van der Waals surface area contributed by atoms with Crippen LogP contribution in [0.3, 0.4) is 0 Å². The lowest BCUT2D eigenvalue weighted by molar-refractivity contribution is -0.114. The molecule has 0 aromatic heterocycles. The fraction of sp³-hybridized carbons (Fsp3) is 0.333. The van der Waals surface area contributed by atoms with Crippen molar-refractivity contribution in [2.45, 2.75) is 31.7 Å². The summed E-state index contributed by atoms with van der Waals surface area (Å²) in [6, 6.07) is 14.5. The third-order valence-corrected chi connectivity index (χ3v) is 4.82. The standard InChI is InChI=1S/C21H25FN4O/c1-15(27)26-19-8-3-5-16(11-19)13-24-20(23-2)25-14-21(9-10-21)17-6-4-7-18(22)12-17/h3-8,11-12H,9-10,13-14H2,1-2H3,(H,26,27)(H2,23,24,25). The van der Waals surface area contributed by atoms with Crippen LogP contribution in [0.4, 0.5) is 10.1 Å². The molecule has 2 aromatic carbocycles.